The van der Waals surface area contributed by atoms with Gasteiger partial charge in [0, 0.05) is 0 Å². The van der Waals surface area contributed by atoms with E-state index in [1.807, 2.05) is 0 Å². The first kappa shape index (κ1) is 17.7. The molecule has 0 aliphatic rings. The van der Waals surface area contributed by atoms with Gasteiger partial charge < -0.3 is 14.8 Å². The third-order valence-corrected chi connectivity index (χ3v) is 1.13. The molecule has 9 heteroatoms. The van der Waals surface area contributed by atoms with E-state index in [-0.39, 0.29) is 40.9 Å². The van der Waals surface area contributed by atoms with Crippen LogP contribution < -0.4 is 29.6 Å². The molecule has 16 heavy (non-hydrogen) atoms. The molecular formula is C7H7NaO7S. The summed E-state index contributed by atoms with van der Waals surface area (Å²) in [5.74, 6) is -1.31. The molecule has 1 rings (SSSR count). The third kappa shape index (κ3) is 9.90. The van der Waals surface area contributed by atoms with Crippen molar-refractivity contribution in [1.82, 2.24) is 0 Å². The van der Waals surface area contributed by atoms with Gasteiger partial charge in [-0.1, -0.05) is 12.1 Å². The van der Waals surface area contributed by atoms with E-state index in [9.17, 15) is 4.79 Å². The molecule has 84 valence electrons. The maximum Gasteiger partial charge on any atom is 1.00 e. The SMILES string of the molecule is O=C(O)c1ccccc1O.O=S(=O)([O-])O.[Na+]. The Morgan fingerprint density at radius 3 is 1.88 bits per heavy atom. The summed E-state index contributed by atoms with van der Waals surface area (Å²) in [5.41, 5.74) is -0.0671. The second-order valence-corrected chi connectivity index (χ2v) is 3.11. The van der Waals surface area contributed by atoms with Gasteiger partial charge in [-0.25, -0.2) is 13.2 Å². The molecule has 0 radical (unpaired) electrons. The van der Waals surface area contributed by atoms with E-state index in [1.54, 1.807) is 12.1 Å². The summed E-state index contributed by atoms with van der Waals surface area (Å²) in [6, 6.07) is 5.81. The molecule has 0 saturated heterocycles. The van der Waals surface area contributed by atoms with E-state index in [0.29, 0.717) is 0 Å². The largest absolute Gasteiger partial charge is 1.00 e. The fourth-order valence-electron chi connectivity index (χ4n) is 0.654. The van der Waals surface area contributed by atoms with Crippen molar-refractivity contribution in [3.63, 3.8) is 0 Å². The van der Waals surface area contributed by atoms with Crippen molar-refractivity contribution in [2.75, 3.05) is 0 Å². The number of aromatic carboxylic acids is 1. The number of carboxylic acids is 1. The summed E-state index contributed by atoms with van der Waals surface area (Å²) in [6.07, 6.45) is 0. The van der Waals surface area contributed by atoms with E-state index in [4.69, 9.17) is 27.7 Å². The number of hydrogen-bond acceptors (Lipinski definition) is 5. The molecule has 0 unspecified atom stereocenters. The van der Waals surface area contributed by atoms with Crippen molar-refractivity contribution in [3.8, 4) is 5.75 Å². The minimum Gasteiger partial charge on any atom is -0.726 e. The van der Waals surface area contributed by atoms with Crippen LogP contribution in [-0.2, 0) is 10.4 Å². The first-order chi connectivity index (χ1) is 6.72. The van der Waals surface area contributed by atoms with Crippen molar-refractivity contribution >= 4 is 16.4 Å². The fourth-order valence-corrected chi connectivity index (χ4v) is 0.654. The molecule has 0 amide bonds. The Labute approximate surface area is 114 Å². The van der Waals surface area contributed by atoms with Crippen LogP contribution in [0.1, 0.15) is 10.4 Å². The second-order valence-electron chi connectivity index (χ2n) is 2.25. The molecule has 0 atom stereocenters. The van der Waals surface area contributed by atoms with Gasteiger partial charge in [0.15, 0.2) is 0 Å². The molecule has 3 N–H and O–H groups in total. The van der Waals surface area contributed by atoms with Gasteiger partial charge in [0.05, 0.1) is 0 Å². The van der Waals surface area contributed by atoms with Gasteiger partial charge in [0.2, 0.25) is 10.4 Å². The predicted octanol–water partition coefficient (Wildman–Crippen LogP) is -2.90. The van der Waals surface area contributed by atoms with Gasteiger partial charge in [-0.3, -0.25) is 4.55 Å². The summed E-state index contributed by atoms with van der Waals surface area (Å²) >= 11 is 0. The van der Waals surface area contributed by atoms with E-state index < -0.39 is 16.4 Å². The molecule has 0 bridgehead atoms. The third-order valence-electron chi connectivity index (χ3n) is 1.13. The van der Waals surface area contributed by atoms with Crippen LogP contribution in [0.5, 0.6) is 5.75 Å². The topological polar surface area (TPSA) is 135 Å². The molecular weight excluding hydrogens is 251 g/mol. The van der Waals surface area contributed by atoms with Gasteiger partial charge in [-0.15, -0.1) is 0 Å². The second kappa shape index (κ2) is 7.60. The minimum atomic E-state index is -4.92. The summed E-state index contributed by atoms with van der Waals surface area (Å²) in [7, 11) is -4.92. The number of rotatable bonds is 1. The van der Waals surface area contributed by atoms with Crippen LogP contribution in [0.2, 0.25) is 0 Å². The number of para-hydroxylation sites is 1. The van der Waals surface area contributed by atoms with Crippen LogP contribution in [0.3, 0.4) is 0 Å². The molecule has 0 heterocycles. The number of hydrogen-bond donors (Lipinski definition) is 3. The van der Waals surface area contributed by atoms with Crippen molar-refractivity contribution in [2.45, 2.75) is 0 Å². The number of benzene rings is 1. The molecule has 1 aromatic rings. The van der Waals surface area contributed by atoms with Crippen LogP contribution in [0, 0.1) is 0 Å². The first-order valence-electron chi connectivity index (χ1n) is 3.41. The molecule has 0 aliphatic heterocycles. The number of carbonyl (C=O) groups is 1. The monoisotopic (exact) mass is 258 g/mol. The minimum absolute atomic E-state index is 0. The Morgan fingerprint density at radius 1 is 1.25 bits per heavy atom. The van der Waals surface area contributed by atoms with E-state index in [2.05, 4.69) is 0 Å². The smallest absolute Gasteiger partial charge is 0.726 e. The number of carboxylic acid groups (broad SMARTS) is 1. The summed E-state index contributed by atoms with van der Waals surface area (Å²) in [5, 5.41) is 17.3. The zero-order chi connectivity index (χ0) is 12.1. The molecule has 1 aromatic carbocycles. The van der Waals surface area contributed by atoms with E-state index >= 15 is 0 Å². The van der Waals surface area contributed by atoms with Crippen molar-refractivity contribution in [3.05, 3.63) is 29.8 Å². The van der Waals surface area contributed by atoms with Crippen LogP contribution in [0.15, 0.2) is 24.3 Å². The van der Waals surface area contributed by atoms with Crippen molar-refractivity contribution in [1.29, 1.82) is 0 Å². The maximum absolute atomic E-state index is 10.3. The van der Waals surface area contributed by atoms with Gasteiger partial charge >= 0.3 is 35.5 Å². The fraction of sp³-hybridized carbons (Fsp3) is 0. The Kier molecular flexibility index (Phi) is 8.43. The summed E-state index contributed by atoms with van der Waals surface area (Å²) < 4.78 is 32.8. The van der Waals surface area contributed by atoms with Crippen molar-refractivity contribution in [2.24, 2.45) is 0 Å². The average Bonchev–Trinajstić information content (AvgIpc) is 2.01. The van der Waals surface area contributed by atoms with Gasteiger partial charge in [0.1, 0.15) is 11.3 Å². The molecule has 0 aromatic heterocycles. The Morgan fingerprint density at radius 2 is 1.62 bits per heavy atom. The molecule has 0 aliphatic carbocycles. The summed E-state index contributed by atoms with van der Waals surface area (Å²) in [4.78, 5) is 10.3. The quantitative estimate of drug-likeness (QED) is 0.279. The maximum atomic E-state index is 10.3. The van der Waals surface area contributed by atoms with Gasteiger partial charge in [-0.05, 0) is 12.1 Å². The molecule has 7 nitrogen and oxygen atoms in total. The zero-order valence-electron chi connectivity index (χ0n) is 8.19. The van der Waals surface area contributed by atoms with Gasteiger partial charge in [-0.2, -0.15) is 0 Å². The Hall–Kier alpha value is -0.640. The van der Waals surface area contributed by atoms with Crippen LogP contribution in [-0.4, -0.2) is 33.7 Å². The molecule has 0 spiro atoms. The van der Waals surface area contributed by atoms with Gasteiger partial charge in [0.25, 0.3) is 0 Å². The zero-order valence-corrected chi connectivity index (χ0v) is 11.0. The molecule has 0 fully saturated rings. The van der Waals surface area contributed by atoms with Crippen LogP contribution in [0.4, 0.5) is 0 Å². The Balaban J connectivity index is 0. The van der Waals surface area contributed by atoms with Crippen LogP contribution in [0.25, 0.3) is 0 Å². The first-order valence-corrected chi connectivity index (χ1v) is 4.78. The summed E-state index contributed by atoms with van der Waals surface area (Å²) in [6.45, 7) is 0. The normalized spacial score (nSPS) is 9.38. The van der Waals surface area contributed by atoms with Crippen LogP contribution >= 0.6 is 0 Å². The predicted molar refractivity (Wildman–Crippen MR) is 47.4 cm³/mol. The van der Waals surface area contributed by atoms with E-state index in [0.717, 1.165) is 0 Å². The Bertz CT molecular complexity index is 434. The molecule has 0 saturated carbocycles. The van der Waals surface area contributed by atoms with E-state index in [1.165, 1.54) is 12.1 Å². The van der Waals surface area contributed by atoms with Crippen molar-refractivity contribution < 1.29 is 62.1 Å². The number of phenols is 1. The average molecular weight is 258 g/mol. The number of aromatic hydroxyl groups is 1. The standard InChI is InChI=1S/C7H6O3.Na.H2O4S/c8-6-4-2-1-3-5(6)7(9)10;;1-5(2,3)4/h1-4,8H,(H,9,10);;(H2,1,2,3,4)/q;+1;/p-1.